The highest BCUT2D eigenvalue weighted by atomic mass is 32.1. The van der Waals surface area contributed by atoms with Crippen molar-refractivity contribution in [3.63, 3.8) is 0 Å². The van der Waals surface area contributed by atoms with Crippen LogP contribution in [-0.4, -0.2) is 39.7 Å². The number of nitrogens with one attached hydrogen (secondary N) is 1. The van der Waals surface area contributed by atoms with E-state index in [1.807, 2.05) is 5.51 Å². The van der Waals surface area contributed by atoms with Crippen molar-refractivity contribution in [2.45, 2.75) is 45.2 Å². The van der Waals surface area contributed by atoms with Crippen LogP contribution in [0.4, 0.5) is 0 Å². The predicted molar refractivity (Wildman–Crippen MR) is 88.2 cm³/mol. The summed E-state index contributed by atoms with van der Waals surface area (Å²) in [7, 11) is 0. The van der Waals surface area contributed by atoms with Gasteiger partial charge in [-0.25, -0.2) is 4.98 Å². The molecule has 0 unspecified atom stereocenters. The minimum Gasteiger partial charge on any atom is -0.338 e. The van der Waals surface area contributed by atoms with Crippen molar-refractivity contribution in [1.29, 1.82) is 0 Å². The quantitative estimate of drug-likeness (QED) is 0.839. The lowest BCUT2D eigenvalue weighted by Crippen LogP contribution is -2.30. The van der Waals surface area contributed by atoms with Gasteiger partial charge in [-0.3, -0.25) is 4.90 Å². The minimum absolute atomic E-state index is 0.545. The summed E-state index contributed by atoms with van der Waals surface area (Å²) >= 11 is 1.73. The summed E-state index contributed by atoms with van der Waals surface area (Å²) in [5, 5.41) is 7.59. The van der Waals surface area contributed by atoms with Crippen LogP contribution in [-0.2, 0) is 13.1 Å². The summed E-state index contributed by atoms with van der Waals surface area (Å²) in [6.07, 6.45) is 3.66. The van der Waals surface area contributed by atoms with E-state index in [0.29, 0.717) is 11.8 Å². The van der Waals surface area contributed by atoms with Crippen molar-refractivity contribution in [2.75, 3.05) is 19.6 Å². The summed E-state index contributed by atoms with van der Waals surface area (Å²) in [6, 6.07) is 0. The predicted octanol–water partition coefficient (Wildman–Crippen LogP) is 2.32. The third-order valence-corrected chi connectivity index (χ3v) is 5.60. The fourth-order valence-electron chi connectivity index (χ4n) is 3.13. The van der Waals surface area contributed by atoms with Gasteiger partial charge in [-0.15, -0.1) is 11.3 Å². The molecular formula is C16H23N5OS. The normalized spacial score (nSPS) is 21.4. The van der Waals surface area contributed by atoms with E-state index in [9.17, 15) is 0 Å². The smallest absolute Gasteiger partial charge is 0.240 e. The van der Waals surface area contributed by atoms with Crippen molar-refractivity contribution in [3.05, 3.63) is 27.8 Å². The summed E-state index contributed by atoms with van der Waals surface area (Å²) in [5.41, 5.74) is 3.06. The highest BCUT2D eigenvalue weighted by Crippen LogP contribution is 2.38. The van der Waals surface area contributed by atoms with E-state index in [-0.39, 0.29) is 0 Å². The highest BCUT2D eigenvalue weighted by Gasteiger charge is 2.29. The number of rotatable bonds is 7. The molecule has 0 radical (unpaired) electrons. The van der Waals surface area contributed by atoms with Gasteiger partial charge in [0.25, 0.3) is 0 Å². The summed E-state index contributed by atoms with van der Waals surface area (Å²) < 4.78 is 5.48. The van der Waals surface area contributed by atoms with Crippen LogP contribution >= 0.6 is 11.3 Å². The first-order valence-corrected chi connectivity index (χ1v) is 9.30. The van der Waals surface area contributed by atoms with Crippen LogP contribution in [0.3, 0.4) is 0 Å². The van der Waals surface area contributed by atoms with Gasteiger partial charge in [0.05, 0.1) is 17.7 Å². The molecule has 1 atom stereocenters. The van der Waals surface area contributed by atoms with E-state index < -0.39 is 0 Å². The van der Waals surface area contributed by atoms with E-state index in [4.69, 9.17) is 4.52 Å². The van der Waals surface area contributed by atoms with Crippen molar-refractivity contribution >= 4 is 11.3 Å². The second-order valence-electron chi connectivity index (χ2n) is 6.71. The molecular weight excluding hydrogens is 310 g/mol. The van der Waals surface area contributed by atoms with Gasteiger partial charge in [-0.1, -0.05) is 5.16 Å². The maximum Gasteiger partial charge on any atom is 0.240 e. The largest absolute Gasteiger partial charge is 0.338 e. The lowest BCUT2D eigenvalue weighted by molar-refractivity contribution is 0.193. The molecule has 0 aromatic carbocycles. The Morgan fingerprint density at radius 3 is 2.96 bits per heavy atom. The number of thiazole rings is 1. The topological polar surface area (TPSA) is 67.1 Å². The molecule has 1 saturated heterocycles. The molecule has 6 nitrogen and oxygen atoms in total. The van der Waals surface area contributed by atoms with E-state index in [1.54, 1.807) is 11.3 Å². The second-order valence-corrected chi connectivity index (χ2v) is 7.65. The fourth-order valence-corrected chi connectivity index (χ4v) is 3.95. The first-order chi connectivity index (χ1) is 11.3. The van der Waals surface area contributed by atoms with Gasteiger partial charge in [-0.2, -0.15) is 4.98 Å². The molecule has 1 saturated carbocycles. The molecule has 1 aliphatic heterocycles. The molecule has 7 heteroatoms. The summed E-state index contributed by atoms with van der Waals surface area (Å²) in [5.74, 6) is 2.90. The number of aryl methyl sites for hydroxylation is 1. The first kappa shape index (κ1) is 15.2. The number of hydrogen-bond acceptors (Lipinski definition) is 7. The second kappa shape index (κ2) is 6.67. The zero-order valence-electron chi connectivity index (χ0n) is 13.5. The van der Waals surface area contributed by atoms with Gasteiger partial charge in [0, 0.05) is 23.9 Å². The van der Waals surface area contributed by atoms with Gasteiger partial charge >= 0.3 is 0 Å². The fraction of sp³-hybridized carbons (Fsp3) is 0.688. The molecule has 0 bridgehead atoms. The summed E-state index contributed by atoms with van der Waals surface area (Å²) in [4.78, 5) is 12.7. The zero-order valence-corrected chi connectivity index (χ0v) is 14.3. The van der Waals surface area contributed by atoms with Crippen LogP contribution in [0.15, 0.2) is 10.0 Å². The Labute approximate surface area is 140 Å². The van der Waals surface area contributed by atoms with Crippen molar-refractivity contribution < 1.29 is 4.52 Å². The van der Waals surface area contributed by atoms with Crippen LogP contribution in [0, 0.1) is 12.8 Å². The van der Waals surface area contributed by atoms with Crippen LogP contribution in [0.2, 0.25) is 0 Å². The van der Waals surface area contributed by atoms with Gasteiger partial charge in [0.1, 0.15) is 0 Å². The molecule has 4 rings (SSSR count). The molecule has 2 fully saturated rings. The van der Waals surface area contributed by atoms with E-state index in [2.05, 4.69) is 32.3 Å². The molecule has 0 amide bonds. The maximum atomic E-state index is 5.48. The molecule has 2 aromatic heterocycles. The molecule has 2 aliphatic rings. The van der Waals surface area contributed by atoms with Gasteiger partial charge in [-0.05, 0) is 45.2 Å². The Bertz CT molecular complexity index is 644. The van der Waals surface area contributed by atoms with E-state index >= 15 is 0 Å². The lowest BCUT2D eigenvalue weighted by Gasteiger charge is -2.23. The van der Waals surface area contributed by atoms with Crippen LogP contribution in [0.1, 0.15) is 47.5 Å². The Morgan fingerprint density at radius 1 is 1.35 bits per heavy atom. The third kappa shape index (κ3) is 3.79. The first-order valence-electron chi connectivity index (χ1n) is 8.42. The molecule has 3 heterocycles. The highest BCUT2D eigenvalue weighted by molar-refractivity contribution is 7.09. The SMILES string of the molecule is Cc1ncsc1CN(Cc1nc(C2CC2)no1)C[C@H]1CCNC1. The van der Waals surface area contributed by atoms with Crippen LogP contribution in [0.5, 0.6) is 0 Å². The standard InChI is InChI=1S/C16H23N5OS/c1-11-14(23-10-18-11)8-21(7-12-4-5-17-6-12)9-15-19-16(20-22-15)13-2-3-13/h10,12-13,17H,2-9H2,1H3/t12-/m0/s1. The number of aromatic nitrogens is 3. The molecule has 124 valence electrons. The molecule has 0 spiro atoms. The number of hydrogen-bond donors (Lipinski definition) is 1. The Balaban J connectivity index is 1.44. The Kier molecular flexibility index (Phi) is 4.41. The lowest BCUT2D eigenvalue weighted by atomic mass is 10.1. The van der Waals surface area contributed by atoms with Crippen molar-refractivity contribution in [3.8, 4) is 0 Å². The molecule has 2 aromatic rings. The summed E-state index contributed by atoms with van der Waals surface area (Å²) in [6.45, 7) is 7.02. The van der Waals surface area contributed by atoms with Gasteiger partial charge in [0.2, 0.25) is 5.89 Å². The van der Waals surface area contributed by atoms with Crippen LogP contribution < -0.4 is 5.32 Å². The van der Waals surface area contributed by atoms with Gasteiger partial charge < -0.3 is 9.84 Å². The van der Waals surface area contributed by atoms with Crippen molar-refractivity contribution in [1.82, 2.24) is 25.3 Å². The van der Waals surface area contributed by atoms with E-state index in [0.717, 1.165) is 50.1 Å². The minimum atomic E-state index is 0.545. The molecule has 23 heavy (non-hydrogen) atoms. The maximum absolute atomic E-state index is 5.48. The Morgan fingerprint density at radius 2 is 2.26 bits per heavy atom. The molecule has 1 N–H and O–H groups in total. The van der Waals surface area contributed by atoms with Gasteiger partial charge in [0.15, 0.2) is 5.82 Å². The van der Waals surface area contributed by atoms with E-state index in [1.165, 1.54) is 24.1 Å². The average Bonchev–Trinajstić information content (AvgIpc) is 2.91. The zero-order chi connectivity index (χ0) is 15.6. The van der Waals surface area contributed by atoms with Crippen LogP contribution in [0.25, 0.3) is 0 Å². The third-order valence-electron chi connectivity index (χ3n) is 4.68. The Hall–Kier alpha value is -1.31. The monoisotopic (exact) mass is 333 g/mol. The van der Waals surface area contributed by atoms with Crippen molar-refractivity contribution in [2.24, 2.45) is 5.92 Å². The molecule has 1 aliphatic carbocycles. The average molecular weight is 333 g/mol. The number of nitrogens with zero attached hydrogens (tertiary/aromatic N) is 4.